The molecular formula is C21H26N2O5. The van der Waals surface area contributed by atoms with E-state index in [1.54, 1.807) is 24.3 Å². The molecule has 7 nitrogen and oxygen atoms in total. The van der Waals surface area contributed by atoms with Gasteiger partial charge in [-0.15, -0.1) is 0 Å². The van der Waals surface area contributed by atoms with E-state index in [1.165, 1.54) is 0 Å². The fourth-order valence-corrected chi connectivity index (χ4v) is 3.92. The van der Waals surface area contributed by atoms with Crippen molar-refractivity contribution < 1.29 is 23.9 Å². The molecule has 150 valence electrons. The van der Waals surface area contributed by atoms with E-state index in [1.807, 2.05) is 0 Å². The van der Waals surface area contributed by atoms with Gasteiger partial charge in [-0.3, -0.25) is 24.1 Å². The quantitative estimate of drug-likeness (QED) is 0.614. The van der Waals surface area contributed by atoms with Gasteiger partial charge >= 0.3 is 5.97 Å². The minimum Gasteiger partial charge on any atom is -0.454 e. The van der Waals surface area contributed by atoms with Crippen LogP contribution in [0.15, 0.2) is 24.3 Å². The van der Waals surface area contributed by atoms with Crippen LogP contribution in [0, 0.1) is 11.8 Å². The second-order valence-corrected chi connectivity index (χ2v) is 7.72. The first kappa shape index (κ1) is 20.0. The van der Waals surface area contributed by atoms with Gasteiger partial charge in [-0.1, -0.05) is 44.9 Å². The van der Waals surface area contributed by atoms with Crippen LogP contribution < -0.4 is 5.32 Å². The SMILES string of the molecule is C[C@@H]1[C@H](C)CCC[C@@H]1NC(=O)COC(=O)CN1C(=O)Cc2ccccc2C1=O. The maximum Gasteiger partial charge on any atom is 0.326 e. The molecule has 0 radical (unpaired) electrons. The van der Waals surface area contributed by atoms with E-state index in [0.29, 0.717) is 23.0 Å². The van der Waals surface area contributed by atoms with Crippen molar-refractivity contribution in [3.63, 3.8) is 0 Å². The van der Waals surface area contributed by atoms with Crippen molar-refractivity contribution >= 4 is 23.7 Å². The summed E-state index contributed by atoms with van der Waals surface area (Å²) in [6, 6.07) is 6.90. The van der Waals surface area contributed by atoms with Crippen molar-refractivity contribution in [3.05, 3.63) is 35.4 Å². The van der Waals surface area contributed by atoms with Gasteiger partial charge in [-0.25, -0.2) is 0 Å². The molecule has 1 aliphatic carbocycles. The van der Waals surface area contributed by atoms with Gasteiger partial charge in [0.25, 0.3) is 11.8 Å². The van der Waals surface area contributed by atoms with Crippen molar-refractivity contribution in [2.45, 2.75) is 45.6 Å². The smallest absolute Gasteiger partial charge is 0.326 e. The molecule has 28 heavy (non-hydrogen) atoms. The Morgan fingerprint density at radius 2 is 1.93 bits per heavy atom. The third kappa shape index (κ3) is 4.40. The number of hydrogen-bond donors (Lipinski definition) is 1. The van der Waals surface area contributed by atoms with Gasteiger partial charge in [0.15, 0.2) is 6.61 Å². The van der Waals surface area contributed by atoms with Gasteiger partial charge in [0.2, 0.25) is 5.91 Å². The zero-order valence-electron chi connectivity index (χ0n) is 16.3. The Morgan fingerprint density at radius 1 is 1.18 bits per heavy atom. The molecule has 3 rings (SSSR count). The number of carbonyl (C=O) groups excluding carboxylic acids is 4. The number of rotatable bonds is 5. The Hall–Kier alpha value is -2.70. The maximum atomic E-state index is 12.4. The van der Waals surface area contributed by atoms with Crippen LogP contribution in [0.1, 0.15) is 49.0 Å². The van der Waals surface area contributed by atoms with Crippen molar-refractivity contribution in [1.82, 2.24) is 10.2 Å². The second-order valence-electron chi connectivity index (χ2n) is 7.72. The van der Waals surface area contributed by atoms with Gasteiger partial charge < -0.3 is 10.1 Å². The Morgan fingerprint density at radius 3 is 2.71 bits per heavy atom. The summed E-state index contributed by atoms with van der Waals surface area (Å²) in [5, 5.41) is 2.92. The molecule has 1 aliphatic heterocycles. The Bertz CT molecular complexity index is 791. The molecule has 1 N–H and O–H groups in total. The molecule has 0 bridgehead atoms. The van der Waals surface area contributed by atoms with Crippen LogP contribution in [0.4, 0.5) is 0 Å². The maximum absolute atomic E-state index is 12.4. The van der Waals surface area contributed by atoms with Crippen molar-refractivity contribution in [2.75, 3.05) is 13.2 Å². The van der Waals surface area contributed by atoms with Gasteiger partial charge in [0.05, 0.1) is 6.42 Å². The number of ether oxygens (including phenoxy) is 1. The van der Waals surface area contributed by atoms with Crippen LogP contribution in [-0.4, -0.2) is 47.8 Å². The molecule has 7 heteroatoms. The highest BCUT2D eigenvalue weighted by molar-refractivity contribution is 6.11. The van der Waals surface area contributed by atoms with Gasteiger partial charge in [0, 0.05) is 11.6 Å². The van der Waals surface area contributed by atoms with Crippen LogP contribution >= 0.6 is 0 Å². The third-order valence-corrected chi connectivity index (χ3v) is 5.84. The van der Waals surface area contributed by atoms with Gasteiger partial charge in [-0.05, 0) is 29.9 Å². The van der Waals surface area contributed by atoms with Crippen LogP contribution in [-0.2, 0) is 25.5 Å². The van der Waals surface area contributed by atoms with E-state index in [4.69, 9.17) is 4.74 Å². The minimum absolute atomic E-state index is 0.0629. The average molecular weight is 386 g/mol. The topological polar surface area (TPSA) is 92.8 Å². The summed E-state index contributed by atoms with van der Waals surface area (Å²) in [7, 11) is 0. The standard InChI is InChI=1S/C21H26N2O5/c1-13-6-5-9-17(14(13)2)22-18(24)12-28-20(26)11-23-19(25)10-15-7-3-4-8-16(15)21(23)27/h3-4,7-8,13-14,17H,5-6,9-12H2,1-2H3,(H,22,24)/t13-,14-,17+/m1/s1. The molecule has 2 aliphatic rings. The molecule has 1 heterocycles. The summed E-state index contributed by atoms with van der Waals surface area (Å²) in [4.78, 5) is 49.7. The lowest BCUT2D eigenvalue weighted by molar-refractivity contribution is -0.151. The monoisotopic (exact) mass is 386 g/mol. The van der Waals surface area contributed by atoms with E-state index >= 15 is 0 Å². The van der Waals surface area contributed by atoms with E-state index in [2.05, 4.69) is 19.2 Å². The molecule has 1 aromatic carbocycles. The van der Waals surface area contributed by atoms with Crippen LogP contribution in [0.3, 0.4) is 0 Å². The van der Waals surface area contributed by atoms with E-state index in [0.717, 1.165) is 24.2 Å². The molecule has 3 amide bonds. The zero-order chi connectivity index (χ0) is 20.3. The summed E-state index contributed by atoms with van der Waals surface area (Å²) in [6.07, 6.45) is 3.20. The number of hydrogen-bond acceptors (Lipinski definition) is 5. The Balaban J connectivity index is 1.50. The predicted molar refractivity (Wildman–Crippen MR) is 101 cm³/mol. The van der Waals surface area contributed by atoms with Gasteiger partial charge in [-0.2, -0.15) is 0 Å². The lowest BCUT2D eigenvalue weighted by Gasteiger charge is -2.34. The molecular weight excluding hydrogens is 360 g/mol. The molecule has 0 saturated heterocycles. The molecule has 1 fully saturated rings. The first-order chi connectivity index (χ1) is 13.4. The number of carbonyl (C=O) groups is 4. The number of esters is 1. The number of fused-ring (bicyclic) bond motifs is 1. The first-order valence-corrected chi connectivity index (χ1v) is 9.74. The van der Waals surface area contributed by atoms with Crippen LogP contribution in [0.25, 0.3) is 0 Å². The molecule has 1 saturated carbocycles. The average Bonchev–Trinajstić information content (AvgIpc) is 2.67. The lowest BCUT2D eigenvalue weighted by atomic mass is 9.78. The highest BCUT2D eigenvalue weighted by atomic mass is 16.5. The molecule has 3 atom stereocenters. The number of benzene rings is 1. The highest BCUT2D eigenvalue weighted by Gasteiger charge is 2.33. The van der Waals surface area contributed by atoms with Gasteiger partial charge in [0.1, 0.15) is 6.54 Å². The number of imide groups is 1. The Labute approximate surface area is 164 Å². The van der Waals surface area contributed by atoms with E-state index in [9.17, 15) is 19.2 Å². The summed E-state index contributed by atoms with van der Waals surface area (Å²) in [6.45, 7) is 3.39. The minimum atomic E-state index is -0.777. The van der Waals surface area contributed by atoms with E-state index in [-0.39, 0.29) is 18.4 Å². The van der Waals surface area contributed by atoms with Crippen LogP contribution in [0.2, 0.25) is 0 Å². The number of amides is 3. The highest BCUT2D eigenvalue weighted by Crippen LogP contribution is 2.29. The summed E-state index contributed by atoms with van der Waals surface area (Å²) in [5.41, 5.74) is 1.06. The number of nitrogens with one attached hydrogen (secondary N) is 1. The fraction of sp³-hybridized carbons (Fsp3) is 0.524. The molecule has 0 unspecified atom stereocenters. The van der Waals surface area contributed by atoms with Crippen molar-refractivity contribution in [2.24, 2.45) is 11.8 Å². The number of nitrogens with zero attached hydrogens (tertiary/aromatic N) is 1. The van der Waals surface area contributed by atoms with E-state index < -0.39 is 30.9 Å². The molecule has 0 spiro atoms. The molecule has 1 aromatic rings. The van der Waals surface area contributed by atoms with Crippen LogP contribution in [0.5, 0.6) is 0 Å². The largest absolute Gasteiger partial charge is 0.454 e. The summed E-state index contributed by atoms with van der Waals surface area (Å²) >= 11 is 0. The summed E-state index contributed by atoms with van der Waals surface area (Å²) in [5.74, 6) is -1.19. The Kier molecular flexibility index (Phi) is 6.11. The zero-order valence-corrected chi connectivity index (χ0v) is 16.3. The fourth-order valence-electron chi connectivity index (χ4n) is 3.92. The third-order valence-electron chi connectivity index (χ3n) is 5.84. The van der Waals surface area contributed by atoms with Crippen molar-refractivity contribution in [1.29, 1.82) is 0 Å². The molecule has 0 aromatic heterocycles. The normalized spacial score (nSPS) is 24.5. The summed E-state index contributed by atoms with van der Waals surface area (Å²) < 4.78 is 5.00. The first-order valence-electron chi connectivity index (χ1n) is 9.74. The predicted octanol–water partition coefficient (Wildman–Crippen LogP) is 1.70. The lowest BCUT2D eigenvalue weighted by Crippen LogP contribution is -2.47. The second kappa shape index (κ2) is 8.54. The van der Waals surface area contributed by atoms with Crippen molar-refractivity contribution in [3.8, 4) is 0 Å².